The van der Waals surface area contributed by atoms with Crippen molar-refractivity contribution in [2.45, 2.75) is 31.2 Å². The van der Waals surface area contributed by atoms with Crippen LogP contribution in [0.1, 0.15) is 27.8 Å². The lowest BCUT2D eigenvalue weighted by atomic mass is 10.0. The van der Waals surface area contributed by atoms with Crippen molar-refractivity contribution in [3.8, 4) is 0 Å². The minimum Gasteiger partial charge on any atom is -0.388 e. The normalized spacial score (nSPS) is 12.7. The Labute approximate surface area is 115 Å². The van der Waals surface area contributed by atoms with Gasteiger partial charge in [-0.3, -0.25) is 0 Å². The first-order valence-electron chi connectivity index (χ1n) is 5.74. The van der Waals surface area contributed by atoms with Crippen LogP contribution in [0.15, 0.2) is 22.5 Å². The molecule has 0 fully saturated rings. The second kappa shape index (κ2) is 5.82. The molecule has 1 aromatic heterocycles. The SMILES string of the molecule is Cc1cc(C)cc(C(O)CSc2nnc(C)s2)c1. The van der Waals surface area contributed by atoms with E-state index in [0.29, 0.717) is 5.75 Å². The van der Waals surface area contributed by atoms with Crippen LogP contribution in [-0.2, 0) is 0 Å². The van der Waals surface area contributed by atoms with E-state index in [1.807, 2.05) is 32.9 Å². The zero-order chi connectivity index (χ0) is 13.1. The first kappa shape index (κ1) is 13.5. The van der Waals surface area contributed by atoms with E-state index in [1.54, 1.807) is 23.1 Å². The molecule has 0 spiro atoms. The fourth-order valence-corrected chi connectivity index (χ4v) is 3.59. The van der Waals surface area contributed by atoms with Gasteiger partial charge in [0.1, 0.15) is 5.01 Å². The van der Waals surface area contributed by atoms with Crippen molar-refractivity contribution >= 4 is 23.1 Å². The summed E-state index contributed by atoms with van der Waals surface area (Å²) in [7, 11) is 0. The number of hydrogen-bond donors (Lipinski definition) is 1. The van der Waals surface area contributed by atoms with Crippen LogP contribution in [0, 0.1) is 20.8 Å². The number of hydrogen-bond acceptors (Lipinski definition) is 5. The highest BCUT2D eigenvalue weighted by Gasteiger charge is 2.11. The molecule has 0 radical (unpaired) electrons. The van der Waals surface area contributed by atoms with E-state index in [2.05, 4.69) is 16.3 Å². The van der Waals surface area contributed by atoms with Gasteiger partial charge in [-0.25, -0.2) is 0 Å². The molecule has 1 heterocycles. The lowest BCUT2D eigenvalue weighted by Gasteiger charge is -2.11. The predicted molar refractivity (Wildman–Crippen MR) is 76.2 cm³/mol. The quantitative estimate of drug-likeness (QED) is 0.873. The Morgan fingerprint density at radius 3 is 2.39 bits per heavy atom. The first-order chi connectivity index (χ1) is 8.54. The van der Waals surface area contributed by atoms with E-state index in [0.717, 1.165) is 14.9 Å². The Balaban J connectivity index is 2.01. The van der Waals surface area contributed by atoms with Gasteiger partial charge in [-0.05, 0) is 26.3 Å². The summed E-state index contributed by atoms with van der Waals surface area (Å²) in [4.78, 5) is 0. The molecule has 96 valence electrons. The molecule has 0 amide bonds. The predicted octanol–water partition coefficient (Wildman–Crippen LogP) is 3.29. The third-order valence-corrected chi connectivity index (χ3v) is 4.55. The molecular weight excluding hydrogens is 264 g/mol. The van der Waals surface area contributed by atoms with Crippen molar-refractivity contribution in [1.82, 2.24) is 10.2 Å². The van der Waals surface area contributed by atoms with Crippen LogP contribution < -0.4 is 0 Å². The molecule has 1 aromatic carbocycles. The van der Waals surface area contributed by atoms with Crippen molar-refractivity contribution < 1.29 is 5.11 Å². The Kier molecular flexibility index (Phi) is 4.37. The summed E-state index contributed by atoms with van der Waals surface area (Å²) < 4.78 is 0.913. The smallest absolute Gasteiger partial charge is 0.174 e. The van der Waals surface area contributed by atoms with Crippen LogP contribution in [0.25, 0.3) is 0 Å². The third kappa shape index (κ3) is 3.54. The van der Waals surface area contributed by atoms with E-state index in [-0.39, 0.29) is 0 Å². The van der Waals surface area contributed by atoms with E-state index in [1.165, 1.54) is 11.1 Å². The Hall–Kier alpha value is -0.910. The van der Waals surface area contributed by atoms with Crippen molar-refractivity contribution in [2.24, 2.45) is 0 Å². The number of nitrogens with zero attached hydrogens (tertiary/aromatic N) is 2. The van der Waals surface area contributed by atoms with Gasteiger partial charge in [-0.2, -0.15) is 0 Å². The van der Waals surface area contributed by atoms with E-state index < -0.39 is 6.10 Å². The summed E-state index contributed by atoms with van der Waals surface area (Å²) in [5, 5.41) is 19.1. The second-order valence-electron chi connectivity index (χ2n) is 4.33. The van der Waals surface area contributed by atoms with Crippen LogP contribution in [-0.4, -0.2) is 21.1 Å². The number of aliphatic hydroxyl groups excluding tert-OH is 1. The molecule has 3 nitrogen and oxygen atoms in total. The summed E-state index contributed by atoms with van der Waals surface area (Å²) in [6.45, 7) is 6.02. The maximum Gasteiger partial charge on any atom is 0.174 e. The van der Waals surface area contributed by atoms with Gasteiger partial charge in [0.2, 0.25) is 0 Å². The zero-order valence-corrected chi connectivity index (χ0v) is 12.3. The average molecular weight is 280 g/mol. The molecule has 2 rings (SSSR count). The number of benzene rings is 1. The first-order valence-corrected chi connectivity index (χ1v) is 7.54. The average Bonchev–Trinajstić information content (AvgIpc) is 2.70. The second-order valence-corrected chi connectivity index (χ2v) is 6.78. The monoisotopic (exact) mass is 280 g/mol. The molecule has 0 bridgehead atoms. The molecular formula is C13H16N2OS2. The largest absolute Gasteiger partial charge is 0.388 e. The standard InChI is InChI=1S/C13H16N2OS2/c1-8-4-9(2)6-11(5-8)12(16)7-17-13-15-14-10(3)18-13/h4-6,12,16H,7H2,1-3H3. The van der Waals surface area contributed by atoms with E-state index >= 15 is 0 Å². The zero-order valence-electron chi connectivity index (χ0n) is 10.7. The van der Waals surface area contributed by atoms with Gasteiger partial charge >= 0.3 is 0 Å². The number of aryl methyl sites for hydroxylation is 3. The Bertz CT molecular complexity index is 519. The molecule has 5 heteroatoms. The molecule has 2 aromatic rings. The molecule has 0 saturated carbocycles. The summed E-state index contributed by atoms with van der Waals surface area (Å²) in [5.41, 5.74) is 3.34. The van der Waals surface area contributed by atoms with Crippen molar-refractivity contribution in [1.29, 1.82) is 0 Å². The maximum absolute atomic E-state index is 10.2. The summed E-state index contributed by atoms with van der Waals surface area (Å²) in [6, 6.07) is 6.17. The fraction of sp³-hybridized carbons (Fsp3) is 0.385. The van der Waals surface area contributed by atoms with Crippen LogP contribution in [0.5, 0.6) is 0 Å². The van der Waals surface area contributed by atoms with Crippen molar-refractivity contribution in [3.63, 3.8) is 0 Å². The lowest BCUT2D eigenvalue weighted by Crippen LogP contribution is -2.01. The molecule has 1 unspecified atom stereocenters. The van der Waals surface area contributed by atoms with Crippen LogP contribution in [0.3, 0.4) is 0 Å². The van der Waals surface area contributed by atoms with Gasteiger partial charge in [-0.1, -0.05) is 52.4 Å². The minimum absolute atomic E-state index is 0.460. The van der Waals surface area contributed by atoms with Crippen molar-refractivity contribution in [3.05, 3.63) is 39.9 Å². The molecule has 1 atom stereocenters. The molecule has 18 heavy (non-hydrogen) atoms. The Morgan fingerprint density at radius 1 is 1.17 bits per heavy atom. The number of aromatic nitrogens is 2. The van der Waals surface area contributed by atoms with Gasteiger partial charge in [0.05, 0.1) is 6.10 Å². The number of rotatable bonds is 4. The van der Waals surface area contributed by atoms with Gasteiger partial charge < -0.3 is 5.11 Å². The molecule has 0 aliphatic heterocycles. The van der Waals surface area contributed by atoms with E-state index in [4.69, 9.17) is 0 Å². The van der Waals surface area contributed by atoms with Gasteiger partial charge in [0.25, 0.3) is 0 Å². The maximum atomic E-state index is 10.2. The molecule has 0 aliphatic carbocycles. The fourth-order valence-electron chi connectivity index (χ4n) is 1.79. The lowest BCUT2D eigenvalue weighted by molar-refractivity contribution is 0.204. The molecule has 0 aliphatic rings. The number of thioether (sulfide) groups is 1. The van der Waals surface area contributed by atoms with Gasteiger partial charge in [0.15, 0.2) is 4.34 Å². The van der Waals surface area contributed by atoms with E-state index in [9.17, 15) is 5.11 Å². The van der Waals surface area contributed by atoms with Gasteiger partial charge in [-0.15, -0.1) is 10.2 Å². The van der Waals surface area contributed by atoms with Crippen LogP contribution >= 0.6 is 23.1 Å². The highest BCUT2D eigenvalue weighted by molar-refractivity contribution is 8.01. The summed E-state index contributed by atoms with van der Waals surface area (Å²) in [5.74, 6) is 0.609. The summed E-state index contributed by atoms with van der Waals surface area (Å²) in [6.07, 6.45) is -0.460. The number of aliphatic hydroxyl groups is 1. The van der Waals surface area contributed by atoms with Crippen LogP contribution in [0.2, 0.25) is 0 Å². The van der Waals surface area contributed by atoms with Crippen molar-refractivity contribution in [2.75, 3.05) is 5.75 Å². The topological polar surface area (TPSA) is 46.0 Å². The minimum atomic E-state index is -0.460. The third-order valence-electron chi connectivity index (χ3n) is 2.50. The highest BCUT2D eigenvalue weighted by Crippen LogP contribution is 2.27. The summed E-state index contributed by atoms with van der Waals surface area (Å²) >= 11 is 3.11. The Morgan fingerprint density at radius 2 is 1.83 bits per heavy atom. The van der Waals surface area contributed by atoms with Gasteiger partial charge in [0, 0.05) is 5.75 Å². The molecule has 0 saturated heterocycles. The molecule has 1 N–H and O–H groups in total. The highest BCUT2D eigenvalue weighted by atomic mass is 32.2. The van der Waals surface area contributed by atoms with Crippen LogP contribution in [0.4, 0.5) is 0 Å².